The first-order valence-corrected chi connectivity index (χ1v) is 8.05. The number of carbonyl (C=O) groups excluding carboxylic acids is 1. The quantitative estimate of drug-likeness (QED) is 0.850. The van der Waals surface area contributed by atoms with Crippen LogP contribution in [0.25, 0.3) is 0 Å². The molecule has 0 spiro atoms. The van der Waals surface area contributed by atoms with Crippen molar-refractivity contribution in [1.29, 1.82) is 0 Å². The number of likely N-dealkylation sites (N-methyl/N-ethyl adjacent to an activating group) is 1. The third-order valence-electron chi connectivity index (χ3n) is 2.88. The molecular formula is C13H20N2O4S. The number of anilines is 1. The first-order chi connectivity index (χ1) is 9.35. The number of hydrogen-bond donors (Lipinski definition) is 1. The second-order valence-electron chi connectivity index (χ2n) is 4.30. The molecule has 0 aliphatic heterocycles. The van der Waals surface area contributed by atoms with Gasteiger partial charge in [-0.25, -0.2) is 8.42 Å². The highest BCUT2D eigenvalue weighted by atomic mass is 32.2. The minimum atomic E-state index is -3.59. The number of sulfonamides is 1. The van der Waals surface area contributed by atoms with Crippen LogP contribution in [-0.4, -0.2) is 40.8 Å². The molecule has 1 aromatic carbocycles. The molecule has 0 aliphatic carbocycles. The largest absolute Gasteiger partial charge is 0.497 e. The van der Waals surface area contributed by atoms with Gasteiger partial charge in [0.1, 0.15) is 11.8 Å². The Balaban J connectivity index is 3.35. The van der Waals surface area contributed by atoms with E-state index >= 15 is 0 Å². The monoisotopic (exact) mass is 300 g/mol. The first-order valence-electron chi connectivity index (χ1n) is 6.20. The molecule has 0 saturated carbocycles. The van der Waals surface area contributed by atoms with E-state index in [4.69, 9.17) is 4.74 Å². The summed E-state index contributed by atoms with van der Waals surface area (Å²) in [6.07, 6.45) is 1.45. The standard InChI is InChI=1S/C13H20N2O4S/c1-5-12(13(16)14-2)15(20(4,17)18)10-7-6-8-11(9-10)19-3/h6-9,12H,5H2,1-4H3,(H,14,16)/t12-/m0/s1. The van der Waals surface area contributed by atoms with E-state index < -0.39 is 16.1 Å². The summed E-state index contributed by atoms with van der Waals surface area (Å²) in [5, 5.41) is 2.49. The zero-order valence-electron chi connectivity index (χ0n) is 12.1. The first kappa shape index (κ1) is 16.3. The zero-order valence-corrected chi connectivity index (χ0v) is 12.9. The molecule has 1 rings (SSSR count). The minimum Gasteiger partial charge on any atom is -0.497 e. The summed E-state index contributed by atoms with van der Waals surface area (Å²) in [7, 11) is -0.609. The highest BCUT2D eigenvalue weighted by molar-refractivity contribution is 7.92. The zero-order chi connectivity index (χ0) is 15.3. The molecule has 20 heavy (non-hydrogen) atoms. The number of methoxy groups -OCH3 is 1. The van der Waals surface area contributed by atoms with Crippen LogP contribution in [0.15, 0.2) is 24.3 Å². The van der Waals surface area contributed by atoms with Gasteiger partial charge in [0.25, 0.3) is 0 Å². The van der Waals surface area contributed by atoms with E-state index in [-0.39, 0.29) is 5.91 Å². The second kappa shape index (κ2) is 6.60. The highest BCUT2D eigenvalue weighted by Gasteiger charge is 2.30. The molecule has 112 valence electrons. The molecule has 0 heterocycles. The van der Waals surface area contributed by atoms with Crippen molar-refractivity contribution >= 4 is 21.6 Å². The fourth-order valence-electron chi connectivity index (χ4n) is 1.97. The van der Waals surface area contributed by atoms with Gasteiger partial charge in [-0.2, -0.15) is 0 Å². The van der Waals surface area contributed by atoms with Crippen molar-refractivity contribution in [2.24, 2.45) is 0 Å². The third-order valence-corrected chi connectivity index (χ3v) is 4.06. The summed E-state index contributed by atoms with van der Waals surface area (Å²) in [5.74, 6) is 0.184. The average molecular weight is 300 g/mol. The summed E-state index contributed by atoms with van der Waals surface area (Å²) in [6.45, 7) is 1.76. The summed E-state index contributed by atoms with van der Waals surface area (Å²) in [6, 6.07) is 5.83. The maximum atomic E-state index is 12.1. The van der Waals surface area contributed by atoms with Crippen molar-refractivity contribution < 1.29 is 17.9 Å². The molecule has 1 amide bonds. The fraction of sp³-hybridized carbons (Fsp3) is 0.462. The van der Waals surface area contributed by atoms with Gasteiger partial charge in [-0.1, -0.05) is 13.0 Å². The minimum absolute atomic E-state index is 0.347. The van der Waals surface area contributed by atoms with Gasteiger partial charge in [-0.05, 0) is 18.6 Å². The van der Waals surface area contributed by atoms with Crippen LogP contribution in [-0.2, 0) is 14.8 Å². The van der Waals surface area contributed by atoms with E-state index in [1.165, 1.54) is 14.2 Å². The molecule has 0 saturated heterocycles. The lowest BCUT2D eigenvalue weighted by Gasteiger charge is -2.29. The van der Waals surface area contributed by atoms with Crippen molar-refractivity contribution in [1.82, 2.24) is 5.32 Å². The Hall–Kier alpha value is -1.76. The topological polar surface area (TPSA) is 75.7 Å². The summed E-state index contributed by atoms with van der Waals surface area (Å²) >= 11 is 0. The van der Waals surface area contributed by atoms with Gasteiger partial charge in [-0.3, -0.25) is 9.10 Å². The second-order valence-corrected chi connectivity index (χ2v) is 6.16. The number of amides is 1. The predicted molar refractivity (Wildman–Crippen MR) is 78.5 cm³/mol. The smallest absolute Gasteiger partial charge is 0.243 e. The van der Waals surface area contributed by atoms with Gasteiger partial charge in [0.15, 0.2) is 0 Å². The summed E-state index contributed by atoms with van der Waals surface area (Å²) in [5.41, 5.74) is 0.405. The number of nitrogens with one attached hydrogen (secondary N) is 1. The Bertz CT molecular complexity index is 571. The lowest BCUT2D eigenvalue weighted by Crippen LogP contribution is -2.48. The van der Waals surface area contributed by atoms with Crippen molar-refractivity contribution in [2.75, 3.05) is 24.7 Å². The van der Waals surface area contributed by atoms with E-state index in [2.05, 4.69) is 5.32 Å². The van der Waals surface area contributed by atoms with Crippen LogP contribution in [0.4, 0.5) is 5.69 Å². The predicted octanol–water partition coefficient (Wildman–Crippen LogP) is 0.986. The van der Waals surface area contributed by atoms with Crippen LogP contribution in [0.3, 0.4) is 0 Å². The maximum absolute atomic E-state index is 12.1. The van der Waals surface area contributed by atoms with Crippen LogP contribution in [0, 0.1) is 0 Å². The molecule has 0 aliphatic rings. The van der Waals surface area contributed by atoms with Crippen LogP contribution in [0.2, 0.25) is 0 Å². The van der Waals surface area contributed by atoms with Crippen molar-refractivity contribution in [2.45, 2.75) is 19.4 Å². The molecular weight excluding hydrogens is 280 g/mol. The fourth-order valence-corrected chi connectivity index (χ4v) is 3.18. The summed E-state index contributed by atoms with van der Waals surface area (Å²) in [4.78, 5) is 11.9. The number of hydrogen-bond acceptors (Lipinski definition) is 4. The van der Waals surface area contributed by atoms with Crippen molar-refractivity contribution in [3.63, 3.8) is 0 Å². The van der Waals surface area contributed by atoms with Crippen LogP contribution in [0.1, 0.15) is 13.3 Å². The molecule has 0 radical (unpaired) electrons. The van der Waals surface area contributed by atoms with Gasteiger partial charge in [-0.15, -0.1) is 0 Å². The molecule has 0 aromatic heterocycles. The molecule has 0 unspecified atom stereocenters. The average Bonchev–Trinajstić information content (AvgIpc) is 2.42. The third kappa shape index (κ3) is 3.63. The van der Waals surface area contributed by atoms with Crippen LogP contribution in [0.5, 0.6) is 5.75 Å². The van der Waals surface area contributed by atoms with Gasteiger partial charge >= 0.3 is 0 Å². The van der Waals surface area contributed by atoms with Crippen LogP contribution < -0.4 is 14.4 Å². The number of benzene rings is 1. The van der Waals surface area contributed by atoms with Gasteiger partial charge in [0, 0.05) is 13.1 Å². The number of nitrogens with zero attached hydrogens (tertiary/aromatic N) is 1. The van der Waals surface area contributed by atoms with E-state index in [9.17, 15) is 13.2 Å². The lowest BCUT2D eigenvalue weighted by atomic mass is 10.2. The Morgan fingerprint density at radius 3 is 2.55 bits per heavy atom. The van der Waals surface area contributed by atoms with E-state index in [1.54, 1.807) is 31.2 Å². The normalized spacial score (nSPS) is 12.6. The molecule has 1 aromatic rings. The summed E-state index contributed by atoms with van der Waals surface area (Å²) < 4.78 is 30.3. The molecule has 1 atom stereocenters. The van der Waals surface area contributed by atoms with Crippen molar-refractivity contribution in [3.05, 3.63) is 24.3 Å². The molecule has 0 fully saturated rings. The number of ether oxygens (including phenoxy) is 1. The SMILES string of the molecule is CC[C@@H](C(=O)NC)N(c1cccc(OC)c1)S(C)(=O)=O. The molecule has 6 nitrogen and oxygen atoms in total. The van der Waals surface area contributed by atoms with Crippen LogP contribution >= 0.6 is 0 Å². The van der Waals surface area contributed by atoms with Crippen molar-refractivity contribution in [3.8, 4) is 5.75 Å². The maximum Gasteiger partial charge on any atom is 0.243 e. The van der Waals surface area contributed by atoms with Gasteiger partial charge in [0.2, 0.25) is 15.9 Å². The molecule has 7 heteroatoms. The lowest BCUT2D eigenvalue weighted by molar-refractivity contribution is -0.121. The Kier molecular flexibility index (Phi) is 5.38. The number of carbonyl (C=O) groups is 1. The Morgan fingerprint density at radius 2 is 2.10 bits per heavy atom. The van der Waals surface area contributed by atoms with E-state index in [0.717, 1.165) is 10.6 Å². The number of rotatable bonds is 6. The van der Waals surface area contributed by atoms with E-state index in [0.29, 0.717) is 17.9 Å². The Labute approximate surface area is 119 Å². The van der Waals surface area contributed by atoms with Gasteiger partial charge in [0.05, 0.1) is 19.1 Å². The molecule has 1 N–H and O–H groups in total. The van der Waals surface area contributed by atoms with E-state index in [1.807, 2.05) is 0 Å². The van der Waals surface area contributed by atoms with Gasteiger partial charge < -0.3 is 10.1 Å². The Morgan fingerprint density at radius 1 is 1.45 bits per heavy atom. The molecule has 0 bridgehead atoms. The highest BCUT2D eigenvalue weighted by Crippen LogP contribution is 2.26.